The van der Waals surface area contributed by atoms with E-state index in [0.29, 0.717) is 0 Å². The Labute approximate surface area is 123 Å². The summed E-state index contributed by atoms with van der Waals surface area (Å²) in [6.45, 7) is 8.12. The molecule has 1 aromatic rings. The van der Waals surface area contributed by atoms with Crippen molar-refractivity contribution in [2.75, 3.05) is 25.0 Å². The van der Waals surface area contributed by atoms with E-state index in [1.165, 1.54) is 11.3 Å². The summed E-state index contributed by atoms with van der Waals surface area (Å²) in [5, 5.41) is 12.7. The molecule has 0 aromatic heterocycles. The minimum atomic E-state index is -0.400. The molecule has 0 bridgehead atoms. The first kappa shape index (κ1) is 16.5. The predicted octanol–water partition coefficient (Wildman–Crippen LogP) is 3.49. The lowest BCUT2D eigenvalue weighted by molar-refractivity contribution is 0.408. The van der Waals surface area contributed by atoms with Gasteiger partial charge in [-0.05, 0) is 51.3 Å². The lowest BCUT2D eigenvalue weighted by Gasteiger charge is -2.26. The van der Waals surface area contributed by atoms with Gasteiger partial charge in [0.15, 0.2) is 0 Å². The molecule has 20 heavy (non-hydrogen) atoms. The topological polar surface area (TPSA) is 39.1 Å². The lowest BCUT2D eigenvalue weighted by atomic mass is 9.97. The Balaban J connectivity index is 2.47. The van der Waals surface area contributed by atoms with E-state index < -0.39 is 5.54 Å². The van der Waals surface area contributed by atoms with E-state index in [2.05, 4.69) is 61.4 Å². The fraction of sp³-hybridized carbons (Fsp3) is 0.588. The van der Waals surface area contributed by atoms with Crippen molar-refractivity contribution in [3.63, 3.8) is 0 Å². The zero-order valence-electron chi connectivity index (χ0n) is 13.2. The molecule has 0 saturated heterocycles. The molecule has 0 fully saturated rings. The summed E-state index contributed by atoms with van der Waals surface area (Å²) >= 11 is 0. The predicted molar refractivity (Wildman–Crippen MR) is 86.0 cm³/mol. The highest BCUT2D eigenvalue weighted by molar-refractivity contribution is 5.52. The zero-order chi connectivity index (χ0) is 15.0. The number of aryl methyl sites for hydroxylation is 1. The van der Waals surface area contributed by atoms with Crippen molar-refractivity contribution >= 4 is 5.69 Å². The normalized spacial score (nSPS) is 13.6. The third-order valence-electron chi connectivity index (χ3n) is 3.71. The van der Waals surface area contributed by atoms with Gasteiger partial charge < -0.3 is 4.90 Å². The van der Waals surface area contributed by atoms with Gasteiger partial charge in [-0.15, -0.1) is 0 Å². The molecule has 1 unspecified atom stereocenters. The van der Waals surface area contributed by atoms with Gasteiger partial charge in [-0.1, -0.05) is 25.1 Å². The van der Waals surface area contributed by atoms with Crippen LogP contribution in [0, 0.1) is 18.3 Å². The molecule has 1 rings (SSSR count). The molecule has 1 aromatic carbocycles. The Morgan fingerprint density at radius 3 is 2.65 bits per heavy atom. The van der Waals surface area contributed by atoms with Crippen LogP contribution in [0.4, 0.5) is 5.69 Å². The van der Waals surface area contributed by atoms with Gasteiger partial charge in [0.05, 0.1) is 6.07 Å². The van der Waals surface area contributed by atoms with Gasteiger partial charge in [0.25, 0.3) is 0 Å². The SMILES string of the molecule is CCCNC(C)(C#N)CCCN(C)c1ccccc1C. The van der Waals surface area contributed by atoms with Crippen molar-refractivity contribution in [1.82, 2.24) is 5.32 Å². The molecule has 0 aliphatic carbocycles. The highest BCUT2D eigenvalue weighted by Gasteiger charge is 2.22. The van der Waals surface area contributed by atoms with Crippen LogP contribution in [0.25, 0.3) is 0 Å². The first-order chi connectivity index (χ1) is 9.52. The molecule has 0 aliphatic heterocycles. The quantitative estimate of drug-likeness (QED) is 0.788. The molecular weight excluding hydrogens is 246 g/mol. The van der Waals surface area contributed by atoms with Gasteiger partial charge in [-0.25, -0.2) is 0 Å². The maximum absolute atomic E-state index is 9.31. The van der Waals surface area contributed by atoms with E-state index in [0.717, 1.165) is 32.4 Å². The number of hydrogen-bond acceptors (Lipinski definition) is 3. The summed E-state index contributed by atoms with van der Waals surface area (Å²) in [5.41, 5.74) is 2.16. The second-order valence-corrected chi connectivity index (χ2v) is 5.68. The van der Waals surface area contributed by atoms with Crippen molar-refractivity contribution in [3.8, 4) is 6.07 Å². The highest BCUT2D eigenvalue weighted by Crippen LogP contribution is 2.19. The number of hydrogen-bond donors (Lipinski definition) is 1. The van der Waals surface area contributed by atoms with E-state index in [4.69, 9.17) is 0 Å². The van der Waals surface area contributed by atoms with E-state index in [9.17, 15) is 5.26 Å². The Kier molecular flexibility index (Phi) is 6.54. The zero-order valence-corrected chi connectivity index (χ0v) is 13.2. The van der Waals surface area contributed by atoms with E-state index >= 15 is 0 Å². The molecule has 3 nitrogen and oxygen atoms in total. The van der Waals surface area contributed by atoms with Crippen LogP contribution in [0.3, 0.4) is 0 Å². The largest absolute Gasteiger partial charge is 0.374 e. The number of rotatable bonds is 8. The molecule has 0 aliphatic rings. The van der Waals surface area contributed by atoms with E-state index in [1.807, 2.05) is 6.92 Å². The Morgan fingerprint density at radius 2 is 2.05 bits per heavy atom. The lowest BCUT2D eigenvalue weighted by Crippen LogP contribution is -2.41. The standard InChI is InChI=1S/C17H27N3/c1-5-12-19-17(3,14-18)11-8-13-20(4)16-10-7-6-9-15(16)2/h6-7,9-10,19H,5,8,11-13H2,1-4H3. The third-order valence-corrected chi connectivity index (χ3v) is 3.71. The van der Waals surface area contributed by atoms with Crippen LogP contribution < -0.4 is 10.2 Å². The smallest absolute Gasteiger partial charge is 0.103 e. The fourth-order valence-electron chi connectivity index (χ4n) is 2.37. The molecule has 0 spiro atoms. The maximum Gasteiger partial charge on any atom is 0.103 e. The van der Waals surface area contributed by atoms with Crippen LogP contribution in [0.1, 0.15) is 38.7 Å². The fourth-order valence-corrected chi connectivity index (χ4v) is 2.37. The van der Waals surface area contributed by atoms with Crippen molar-refractivity contribution in [1.29, 1.82) is 5.26 Å². The van der Waals surface area contributed by atoms with Crippen LogP contribution in [-0.2, 0) is 0 Å². The number of anilines is 1. The minimum Gasteiger partial charge on any atom is -0.374 e. The van der Waals surface area contributed by atoms with Gasteiger partial charge >= 0.3 is 0 Å². The maximum atomic E-state index is 9.31. The molecule has 1 atom stereocenters. The molecule has 1 N–H and O–H groups in total. The van der Waals surface area contributed by atoms with Crippen molar-refractivity contribution in [2.45, 2.75) is 45.6 Å². The van der Waals surface area contributed by atoms with Gasteiger partial charge in [0.1, 0.15) is 5.54 Å². The summed E-state index contributed by atoms with van der Waals surface area (Å²) in [6.07, 6.45) is 2.94. The van der Waals surface area contributed by atoms with Crippen LogP contribution in [0.15, 0.2) is 24.3 Å². The van der Waals surface area contributed by atoms with Gasteiger partial charge in [0, 0.05) is 19.3 Å². The molecule has 3 heteroatoms. The van der Waals surface area contributed by atoms with E-state index in [-0.39, 0.29) is 0 Å². The summed E-state index contributed by atoms with van der Waals surface area (Å²) in [7, 11) is 2.12. The molecule has 110 valence electrons. The number of nitrogens with zero attached hydrogens (tertiary/aromatic N) is 2. The van der Waals surface area contributed by atoms with Crippen molar-refractivity contribution in [3.05, 3.63) is 29.8 Å². The number of nitriles is 1. The molecule has 0 saturated carbocycles. The average molecular weight is 273 g/mol. The van der Waals surface area contributed by atoms with Crippen molar-refractivity contribution in [2.24, 2.45) is 0 Å². The van der Waals surface area contributed by atoms with Gasteiger partial charge in [0.2, 0.25) is 0 Å². The second-order valence-electron chi connectivity index (χ2n) is 5.68. The van der Waals surface area contributed by atoms with Gasteiger partial charge in [-0.3, -0.25) is 5.32 Å². The first-order valence-corrected chi connectivity index (χ1v) is 7.45. The van der Waals surface area contributed by atoms with Crippen LogP contribution in [0.5, 0.6) is 0 Å². The highest BCUT2D eigenvalue weighted by atomic mass is 15.1. The molecule has 0 heterocycles. The van der Waals surface area contributed by atoms with Crippen molar-refractivity contribution < 1.29 is 0 Å². The van der Waals surface area contributed by atoms with Crippen LogP contribution in [-0.4, -0.2) is 25.7 Å². The average Bonchev–Trinajstić information content (AvgIpc) is 2.45. The summed E-state index contributed by atoms with van der Waals surface area (Å²) in [6, 6.07) is 10.8. The monoisotopic (exact) mass is 273 g/mol. The Hall–Kier alpha value is -1.53. The van der Waals surface area contributed by atoms with Crippen LogP contribution in [0.2, 0.25) is 0 Å². The Morgan fingerprint density at radius 1 is 1.35 bits per heavy atom. The number of nitrogens with one attached hydrogen (secondary N) is 1. The number of benzene rings is 1. The third kappa shape index (κ3) is 4.86. The minimum absolute atomic E-state index is 0.400. The summed E-state index contributed by atoms with van der Waals surface area (Å²) < 4.78 is 0. The molecule has 0 radical (unpaired) electrons. The molecular formula is C17H27N3. The van der Waals surface area contributed by atoms with Gasteiger partial charge in [-0.2, -0.15) is 5.26 Å². The molecule has 0 amide bonds. The van der Waals surface area contributed by atoms with Crippen LogP contribution >= 0.6 is 0 Å². The Bertz CT molecular complexity index is 450. The first-order valence-electron chi connectivity index (χ1n) is 7.45. The summed E-state index contributed by atoms with van der Waals surface area (Å²) in [4.78, 5) is 2.27. The number of para-hydroxylation sites is 1. The summed E-state index contributed by atoms with van der Waals surface area (Å²) in [5.74, 6) is 0. The van der Waals surface area contributed by atoms with E-state index in [1.54, 1.807) is 0 Å². The second kappa shape index (κ2) is 7.91.